The van der Waals surface area contributed by atoms with E-state index in [1.807, 2.05) is 0 Å². The van der Waals surface area contributed by atoms with E-state index in [9.17, 15) is 19.8 Å². The van der Waals surface area contributed by atoms with Crippen molar-refractivity contribution >= 4 is 70.6 Å². The van der Waals surface area contributed by atoms with Crippen molar-refractivity contribution in [3.8, 4) is 11.5 Å². The first-order chi connectivity index (χ1) is 19.2. The summed E-state index contributed by atoms with van der Waals surface area (Å²) in [5.74, 6) is -1.53. The molecule has 0 aliphatic rings. The Kier molecular flexibility index (Phi) is 13.7. The molecule has 13 heteroatoms. The molecule has 4 aromatic carbocycles. The Morgan fingerprint density at radius 2 is 0.951 bits per heavy atom. The van der Waals surface area contributed by atoms with Crippen molar-refractivity contribution in [2.45, 2.75) is 0 Å². The van der Waals surface area contributed by atoms with E-state index < -0.39 is 11.5 Å². The van der Waals surface area contributed by atoms with Gasteiger partial charge in [-0.1, -0.05) is 94.3 Å². The van der Waals surface area contributed by atoms with Gasteiger partial charge in [-0.3, -0.25) is 9.59 Å². The van der Waals surface area contributed by atoms with Gasteiger partial charge in [-0.05, 0) is 59.7 Å². The predicted molar refractivity (Wildman–Crippen MR) is 155 cm³/mol. The maximum Gasteiger partial charge on any atom is 2.00 e. The number of amides is 2. The Balaban J connectivity index is 0.000000280. The van der Waals surface area contributed by atoms with E-state index in [2.05, 4.69) is 21.1 Å². The summed E-state index contributed by atoms with van der Waals surface area (Å²) < 4.78 is 0. The van der Waals surface area contributed by atoms with Crippen LogP contribution in [0.1, 0.15) is 31.8 Å². The van der Waals surface area contributed by atoms with E-state index in [1.165, 1.54) is 36.7 Å². The molecule has 4 rings (SSSR count). The van der Waals surface area contributed by atoms with Crippen LogP contribution in [0, 0.1) is 0 Å². The number of carbonyl (C=O) groups excluding carboxylic acids is 2. The molecule has 213 valence electrons. The van der Waals surface area contributed by atoms with E-state index in [1.54, 1.807) is 60.7 Å². The van der Waals surface area contributed by atoms with Gasteiger partial charge in [0, 0.05) is 31.2 Å². The standard InChI is InChI=1S/2C14H10Cl2N2O2.Cu/c2*15-11-6-10(13(19)12(16)7-11)8-17-18-14(20)9-4-2-1-3-5-9;/h2*1-8,19H,(H,18,20);/q;;+2/p-2/b2*17-8+;. The fourth-order valence-electron chi connectivity index (χ4n) is 2.98. The van der Waals surface area contributed by atoms with Crippen LogP contribution in [-0.4, -0.2) is 24.2 Å². The number of benzene rings is 4. The minimum absolute atomic E-state index is 0. The number of nitrogens with one attached hydrogen (secondary N) is 2. The molecule has 0 saturated carbocycles. The van der Waals surface area contributed by atoms with Crippen LogP contribution in [0.15, 0.2) is 95.1 Å². The Morgan fingerprint density at radius 1 is 0.610 bits per heavy atom. The van der Waals surface area contributed by atoms with Crippen LogP contribution in [0.25, 0.3) is 0 Å². The van der Waals surface area contributed by atoms with E-state index in [-0.39, 0.29) is 50.1 Å². The molecule has 0 bridgehead atoms. The van der Waals surface area contributed by atoms with Gasteiger partial charge in [-0.15, -0.1) is 0 Å². The Bertz CT molecular complexity index is 1440. The summed E-state index contributed by atoms with van der Waals surface area (Å²) in [5.41, 5.74) is 5.98. The van der Waals surface area contributed by atoms with Crippen LogP contribution in [0.4, 0.5) is 0 Å². The molecule has 0 unspecified atom stereocenters. The molecule has 0 aliphatic heterocycles. The number of hydrogen-bond donors (Lipinski definition) is 2. The average molecular weight is 680 g/mol. The summed E-state index contributed by atoms with van der Waals surface area (Å²) in [7, 11) is 0. The molecule has 0 spiro atoms. The number of halogens is 4. The van der Waals surface area contributed by atoms with Crippen LogP contribution >= 0.6 is 46.4 Å². The zero-order valence-corrected chi connectivity index (χ0v) is 24.5. The van der Waals surface area contributed by atoms with Crippen molar-refractivity contribution in [2.75, 3.05) is 0 Å². The molecular weight excluding hydrogens is 662 g/mol. The van der Waals surface area contributed by atoms with Gasteiger partial charge in [-0.2, -0.15) is 10.2 Å². The second kappa shape index (κ2) is 16.6. The second-order valence-corrected chi connectivity index (χ2v) is 9.43. The van der Waals surface area contributed by atoms with E-state index >= 15 is 0 Å². The second-order valence-electron chi connectivity index (χ2n) is 7.74. The Morgan fingerprint density at radius 3 is 1.29 bits per heavy atom. The van der Waals surface area contributed by atoms with Crippen molar-refractivity contribution in [2.24, 2.45) is 10.2 Å². The van der Waals surface area contributed by atoms with Crippen molar-refractivity contribution in [1.82, 2.24) is 10.9 Å². The normalized spacial score (nSPS) is 10.4. The van der Waals surface area contributed by atoms with Crippen LogP contribution in [-0.2, 0) is 17.1 Å². The quantitative estimate of drug-likeness (QED) is 0.155. The third kappa shape index (κ3) is 10.4. The summed E-state index contributed by atoms with van der Waals surface area (Å²) in [6.45, 7) is 0. The minimum atomic E-state index is -0.395. The first-order valence-corrected chi connectivity index (χ1v) is 12.8. The molecule has 0 saturated heterocycles. The van der Waals surface area contributed by atoms with E-state index in [4.69, 9.17) is 46.4 Å². The maximum absolute atomic E-state index is 11.7. The first kappa shape index (κ1) is 33.6. The first-order valence-electron chi connectivity index (χ1n) is 11.2. The van der Waals surface area contributed by atoms with Crippen molar-refractivity contribution in [3.63, 3.8) is 0 Å². The number of carbonyl (C=O) groups is 2. The van der Waals surface area contributed by atoms with Crippen LogP contribution in [0.3, 0.4) is 0 Å². The summed E-state index contributed by atoms with van der Waals surface area (Å²) in [5, 5.41) is 31.4. The van der Waals surface area contributed by atoms with E-state index in [0.29, 0.717) is 21.2 Å². The third-order valence-corrected chi connectivity index (χ3v) is 5.88. The van der Waals surface area contributed by atoms with Gasteiger partial charge in [0.05, 0.1) is 12.4 Å². The van der Waals surface area contributed by atoms with Crippen LogP contribution < -0.4 is 21.1 Å². The van der Waals surface area contributed by atoms with Crippen molar-refractivity contribution in [3.05, 3.63) is 127 Å². The van der Waals surface area contributed by atoms with Gasteiger partial charge in [-0.25, -0.2) is 10.9 Å². The SMILES string of the molecule is O=C(N/N=C/c1cc(Cl)cc(Cl)c1[O-])c1ccccc1.O=C(N/N=C/c1cc(Cl)cc(Cl)c1[O-])c1ccccc1.[Cu+2]. The Labute approximate surface area is 266 Å². The average Bonchev–Trinajstić information content (AvgIpc) is 2.95. The number of rotatable bonds is 6. The van der Waals surface area contributed by atoms with Crippen molar-refractivity contribution in [1.29, 1.82) is 0 Å². The fraction of sp³-hybridized carbons (Fsp3) is 0. The van der Waals surface area contributed by atoms with Crippen molar-refractivity contribution < 1.29 is 36.9 Å². The minimum Gasteiger partial charge on any atom is -0.871 e. The van der Waals surface area contributed by atoms with Crippen LogP contribution in [0.2, 0.25) is 20.1 Å². The fourth-order valence-corrected chi connectivity index (χ4v) is 4.00. The molecule has 0 aliphatic carbocycles. The zero-order valence-electron chi connectivity index (χ0n) is 20.6. The van der Waals surface area contributed by atoms with Gasteiger partial charge in [0.25, 0.3) is 11.8 Å². The summed E-state index contributed by atoms with van der Waals surface area (Å²) in [6.07, 6.45) is 2.42. The largest absolute Gasteiger partial charge is 2.00 e. The zero-order chi connectivity index (χ0) is 29.1. The molecule has 0 heterocycles. The Hall–Kier alpha value is -3.56. The van der Waals surface area contributed by atoms with Crippen LogP contribution in [0.5, 0.6) is 11.5 Å². The number of hydrogen-bond acceptors (Lipinski definition) is 6. The van der Waals surface area contributed by atoms with E-state index in [0.717, 1.165) is 0 Å². The molecule has 8 nitrogen and oxygen atoms in total. The predicted octanol–water partition coefficient (Wildman–Crippen LogP) is 5.66. The molecule has 41 heavy (non-hydrogen) atoms. The van der Waals surface area contributed by atoms with Gasteiger partial charge >= 0.3 is 17.1 Å². The molecule has 2 N–H and O–H groups in total. The summed E-state index contributed by atoms with van der Waals surface area (Å²) >= 11 is 23.0. The van der Waals surface area contributed by atoms with Gasteiger partial charge in [0.2, 0.25) is 0 Å². The molecule has 2 amide bonds. The topological polar surface area (TPSA) is 129 Å². The van der Waals surface area contributed by atoms with Gasteiger partial charge < -0.3 is 10.2 Å². The van der Waals surface area contributed by atoms with Gasteiger partial charge in [0.1, 0.15) is 0 Å². The summed E-state index contributed by atoms with van der Waals surface area (Å²) in [4.78, 5) is 23.4. The monoisotopic (exact) mass is 677 g/mol. The molecular formula is C28H18Cl4CuN4O4. The number of hydrazone groups is 2. The number of nitrogens with zero attached hydrogens (tertiary/aromatic N) is 2. The molecule has 0 atom stereocenters. The molecule has 0 fully saturated rings. The maximum atomic E-state index is 11.7. The smallest absolute Gasteiger partial charge is 0.871 e. The van der Waals surface area contributed by atoms with Gasteiger partial charge in [0.15, 0.2) is 0 Å². The molecule has 4 aromatic rings. The summed E-state index contributed by atoms with van der Waals surface area (Å²) in [6, 6.07) is 22.7. The molecule has 0 aromatic heterocycles. The third-order valence-electron chi connectivity index (χ3n) is 4.89. The molecule has 1 radical (unpaired) electrons.